The number of hydrogen-bond acceptors (Lipinski definition) is 3. The normalized spacial score (nSPS) is 19.5. The van der Waals surface area contributed by atoms with Crippen molar-refractivity contribution in [3.05, 3.63) is 15.9 Å². The molecule has 1 N–H and O–H groups in total. The lowest BCUT2D eigenvalue weighted by molar-refractivity contribution is 0.224. The van der Waals surface area contributed by atoms with Gasteiger partial charge < -0.3 is 0 Å². The van der Waals surface area contributed by atoms with Crippen LogP contribution in [-0.2, 0) is 10.0 Å². The SMILES string of the molecule is O=S(=O)(NCC1(CCl)CCCCC1)c1ccc(Br)s1. The fourth-order valence-corrected chi connectivity index (χ4v) is 5.99. The highest BCUT2D eigenvalue weighted by Crippen LogP contribution is 2.37. The molecule has 1 aromatic heterocycles. The highest BCUT2D eigenvalue weighted by atomic mass is 79.9. The number of nitrogens with one attached hydrogen (secondary N) is 1. The molecule has 19 heavy (non-hydrogen) atoms. The summed E-state index contributed by atoms with van der Waals surface area (Å²) in [4.78, 5) is 0. The van der Waals surface area contributed by atoms with Crippen molar-refractivity contribution in [2.75, 3.05) is 12.4 Å². The first-order valence-corrected chi connectivity index (χ1v) is 9.91. The summed E-state index contributed by atoms with van der Waals surface area (Å²) in [5.74, 6) is 0.518. The zero-order valence-corrected chi connectivity index (χ0v) is 14.5. The third-order valence-corrected chi connectivity index (χ3v) is 7.73. The molecule has 2 rings (SSSR count). The van der Waals surface area contributed by atoms with Gasteiger partial charge in [0.1, 0.15) is 4.21 Å². The van der Waals surface area contributed by atoms with Crippen molar-refractivity contribution in [2.45, 2.75) is 36.3 Å². The van der Waals surface area contributed by atoms with Crippen molar-refractivity contribution in [2.24, 2.45) is 5.41 Å². The minimum absolute atomic E-state index is 0.0681. The fraction of sp³-hybridized carbons (Fsp3) is 0.667. The van der Waals surface area contributed by atoms with Crippen LogP contribution in [0.5, 0.6) is 0 Å². The van der Waals surface area contributed by atoms with Gasteiger partial charge in [-0.2, -0.15) is 0 Å². The van der Waals surface area contributed by atoms with Gasteiger partial charge in [0.05, 0.1) is 3.79 Å². The number of sulfonamides is 1. The van der Waals surface area contributed by atoms with E-state index >= 15 is 0 Å². The lowest BCUT2D eigenvalue weighted by Gasteiger charge is -2.35. The molecule has 1 aliphatic rings. The summed E-state index contributed by atoms with van der Waals surface area (Å²) in [6, 6.07) is 3.36. The van der Waals surface area contributed by atoms with E-state index in [0.717, 1.165) is 29.5 Å². The third kappa shape index (κ3) is 3.94. The quantitative estimate of drug-likeness (QED) is 0.778. The molecular formula is C12H17BrClNO2S2. The Kier molecular flexibility index (Phi) is 5.34. The molecule has 1 saturated carbocycles. The second kappa shape index (κ2) is 6.43. The highest BCUT2D eigenvalue weighted by Gasteiger charge is 2.32. The summed E-state index contributed by atoms with van der Waals surface area (Å²) in [6.07, 6.45) is 5.52. The molecule has 0 radical (unpaired) electrons. The Balaban J connectivity index is 2.04. The number of rotatable bonds is 5. The predicted molar refractivity (Wildman–Crippen MR) is 83.4 cm³/mol. The third-order valence-electron chi connectivity index (χ3n) is 3.65. The average Bonchev–Trinajstić information content (AvgIpc) is 2.85. The van der Waals surface area contributed by atoms with E-state index in [1.807, 2.05) is 0 Å². The van der Waals surface area contributed by atoms with Crippen LogP contribution in [-0.4, -0.2) is 20.8 Å². The van der Waals surface area contributed by atoms with Crippen LogP contribution >= 0.6 is 38.9 Å². The van der Waals surface area contributed by atoms with E-state index < -0.39 is 10.0 Å². The molecule has 1 aliphatic carbocycles. The van der Waals surface area contributed by atoms with Crippen LogP contribution in [0, 0.1) is 5.41 Å². The van der Waals surface area contributed by atoms with Crippen LogP contribution in [0.4, 0.5) is 0 Å². The van der Waals surface area contributed by atoms with Gasteiger partial charge in [0, 0.05) is 12.4 Å². The van der Waals surface area contributed by atoms with Crippen LogP contribution in [0.3, 0.4) is 0 Å². The number of halogens is 2. The molecule has 0 aromatic carbocycles. The first-order chi connectivity index (χ1) is 8.97. The van der Waals surface area contributed by atoms with E-state index in [0.29, 0.717) is 16.6 Å². The molecule has 1 aromatic rings. The Labute approximate surface area is 131 Å². The second-order valence-electron chi connectivity index (χ2n) is 5.08. The molecule has 0 unspecified atom stereocenters. The number of hydrogen-bond donors (Lipinski definition) is 1. The molecule has 108 valence electrons. The van der Waals surface area contributed by atoms with Gasteiger partial charge >= 0.3 is 0 Å². The maximum absolute atomic E-state index is 12.2. The summed E-state index contributed by atoms with van der Waals surface area (Å²) in [7, 11) is -3.41. The van der Waals surface area contributed by atoms with Gasteiger partial charge in [0.2, 0.25) is 10.0 Å². The minimum atomic E-state index is -3.41. The maximum Gasteiger partial charge on any atom is 0.250 e. The predicted octanol–water partition coefficient (Wildman–Crippen LogP) is 3.98. The van der Waals surface area contributed by atoms with Crippen molar-refractivity contribution in [3.8, 4) is 0 Å². The maximum atomic E-state index is 12.2. The van der Waals surface area contributed by atoms with Crippen LogP contribution in [0.25, 0.3) is 0 Å². The first kappa shape index (κ1) is 15.8. The second-order valence-corrected chi connectivity index (χ2v) is 9.80. The Hall–Kier alpha value is 0.380. The molecule has 3 nitrogen and oxygen atoms in total. The van der Waals surface area contributed by atoms with Crippen molar-refractivity contribution in [3.63, 3.8) is 0 Å². The largest absolute Gasteiger partial charge is 0.250 e. The van der Waals surface area contributed by atoms with E-state index in [1.165, 1.54) is 17.8 Å². The summed E-state index contributed by atoms with van der Waals surface area (Å²) in [5.41, 5.74) is -0.0681. The van der Waals surface area contributed by atoms with Gasteiger partial charge in [0.25, 0.3) is 0 Å². The molecule has 7 heteroatoms. The molecule has 0 spiro atoms. The van der Waals surface area contributed by atoms with E-state index in [4.69, 9.17) is 11.6 Å². The zero-order chi connectivity index (χ0) is 13.9. The van der Waals surface area contributed by atoms with Gasteiger partial charge in [-0.3, -0.25) is 0 Å². The fourth-order valence-electron chi connectivity index (χ4n) is 2.42. The Bertz CT molecular complexity index is 524. The first-order valence-electron chi connectivity index (χ1n) is 6.28. The molecular weight excluding hydrogens is 370 g/mol. The van der Waals surface area contributed by atoms with Crippen molar-refractivity contribution < 1.29 is 8.42 Å². The molecule has 0 bridgehead atoms. The number of alkyl halides is 1. The Morgan fingerprint density at radius 1 is 1.32 bits per heavy atom. The van der Waals surface area contributed by atoms with Crippen LogP contribution in [0.15, 0.2) is 20.1 Å². The molecule has 0 amide bonds. The number of thiophene rings is 1. The van der Waals surface area contributed by atoms with Gasteiger partial charge in [-0.15, -0.1) is 22.9 Å². The van der Waals surface area contributed by atoms with Crippen molar-refractivity contribution in [1.82, 2.24) is 4.72 Å². The topological polar surface area (TPSA) is 46.2 Å². The van der Waals surface area contributed by atoms with E-state index in [2.05, 4.69) is 20.7 Å². The lowest BCUT2D eigenvalue weighted by atomic mass is 9.76. The summed E-state index contributed by atoms with van der Waals surface area (Å²) in [5, 5.41) is 0. The van der Waals surface area contributed by atoms with Gasteiger partial charge in [-0.25, -0.2) is 13.1 Å². The van der Waals surface area contributed by atoms with Crippen molar-refractivity contribution in [1.29, 1.82) is 0 Å². The Morgan fingerprint density at radius 2 is 2.00 bits per heavy atom. The monoisotopic (exact) mass is 385 g/mol. The molecule has 0 atom stereocenters. The highest BCUT2D eigenvalue weighted by molar-refractivity contribution is 9.11. The van der Waals surface area contributed by atoms with E-state index in [-0.39, 0.29) is 5.41 Å². The van der Waals surface area contributed by atoms with Crippen molar-refractivity contribution >= 4 is 48.9 Å². The van der Waals surface area contributed by atoms with E-state index in [9.17, 15) is 8.42 Å². The molecule has 0 aliphatic heterocycles. The lowest BCUT2D eigenvalue weighted by Crippen LogP contribution is -2.40. The smallest absolute Gasteiger partial charge is 0.210 e. The molecule has 1 fully saturated rings. The molecule has 0 saturated heterocycles. The molecule has 1 heterocycles. The minimum Gasteiger partial charge on any atom is -0.210 e. The summed E-state index contributed by atoms with van der Waals surface area (Å²) in [6.45, 7) is 0.439. The van der Waals surface area contributed by atoms with Gasteiger partial charge in [-0.1, -0.05) is 19.3 Å². The Morgan fingerprint density at radius 3 is 2.53 bits per heavy atom. The van der Waals surface area contributed by atoms with E-state index in [1.54, 1.807) is 12.1 Å². The van der Waals surface area contributed by atoms with Crippen LogP contribution < -0.4 is 4.72 Å². The van der Waals surface area contributed by atoms with Gasteiger partial charge in [-0.05, 0) is 46.3 Å². The summed E-state index contributed by atoms with van der Waals surface area (Å²) < 4.78 is 28.3. The average molecular weight is 387 g/mol. The standard InChI is InChI=1S/C12H17BrClNO2S2/c13-10-4-5-11(18-10)19(16,17)15-9-12(8-14)6-2-1-3-7-12/h4-5,15H,1-3,6-9H2. The zero-order valence-electron chi connectivity index (χ0n) is 10.5. The van der Waals surface area contributed by atoms with Gasteiger partial charge in [0.15, 0.2) is 0 Å². The van der Waals surface area contributed by atoms with Crippen LogP contribution in [0.1, 0.15) is 32.1 Å². The summed E-state index contributed by atoms with van der Waals surface area (Å²) >= 11 is 10.6. The van der Waals surface area contributed by atoms with Crippen LogP contribution in [0.2, 0.25) is 0 Å².